The molecule has 2 rings (SSSR count). The third kappa shape index (κ3) is 4.52. The quantitative estimate of drug-likeness (QED) is 0.590. The number of nitrogens with zero attached hydrogens (tertiary/aromatic N) is 4. The average molecular weight is 294 g/mol. The van der Waals surface area contributed by atoms with Gasteiger partial charge in [-0.05, 0) is 5.92 Å². The lowest BCUT2D eigenvalue weighted by molar-refractivity contribution is 0.178. The summed E-state index contributed by atoms with van der Waals surface area (Å²) in [6, 6.07) is 1.89. The van der Waals surface area contributed by atoms with E-state index in [2.05, 4.69) is 39.0 Å². The third-order valence-corrected chi connectivity index (χ3v) is 3.50. The highest BCUT2D eigenvalue weighted by Crippen LogP contribution is 2.18. The Labute approximate surface area is 126 Å². The van der Waals surface area contributed by atoms with Crippen LogP contribution in [0, 0.1) is 5.92 Å². The van der Waals surface area contributed by atoms with Gasteiger partial charge in [0.05, 0.1) is 0 Å². The Kier molecular flexibility index (Phi) is 5.72. The van der Waals surface area contributed by atoms with Gasteiger partial charge in [-0.3, -0.25) is 4.90 Å². The normalized spacial score (nSPS) is 16.5. The molecule has 1 aromatic heterocycles. The molecule has 1 aromatic rings. The predicted molar refractivity (Wildman–Crippen MR) is 84.0 cm³/mol. The van der Waals surface area contributed by atoms with E-state index in [1.165, 1.54) is 0 Å². The lowest BCUT2D eigenvalue weighted by Gasteiger charge is -2.36. The molecular weight excluding hydrogens is 268 g/mol. The predicted octanol–water partition coefficient (Wildman–Crippen LogP) is 0.687. The van der Waals surface area contributed by atoms with E-state index >= 15 is 0 Å². The van der Waals surface area contributed by atoms with Crippen molar-refractivity contribution >= 4 is 11.6 Å². The molecule has 3 N–H and O–H groups in total. The Morgan fingerprint density at radius 1 is 1.29 bits per heavy atom. The van der Waals surface area contributed by atoms with Gasteiger partial charge in [0.15, 0.2) is 5.82 Å². The zero-order chi connectivity index (χ0) is 15.2. The van der Waals surface area contributed by atoms with Gasteiger partial charge in [0.1, 0.15) is 18.2 Å². The van der Waals surface area contributed by atoms with Crippen molar-refractivity contribution in [3.63, 3.8) is 0 Å². The number of hydrazine groups is 1. The van der Waals surface area contributed by atoms with E-state index in [9.17, 15) is 0 Å². The Hall–Kier alpha value is -1.44. The van der Waals surface area contributed by atoms with Gasteiger partial charge >= 0.3 is 0 Å². The van der Waals surface area contributed by atoms with Crippen LogP contribution in [0.3, 0.4) is 0 Å². The van der Waals surface area contributed by atoms with Crippen molar-refractivity contribution in [2.75, 3.05) is 50.2 Å². The van der Waals surface area contributed by atoms with Crippen molar-refractivity contribution < 1.29 is 4.74 Å². The number of nitrogens with one attached hydrogen (secondary N) is 1. The van der Waals surface area contributed by atoms with Crippen LogP contribution >= 0.6 is 0 Å². The van der Waals surface area contributed by atoms with Crippen LogP contribution in [0.4, 0.5) is 11.6 Å². The summed E-state index contributed by atoms with van der Waals surface area (Å²) in [5, 5.41) is 0. The molecule has 0 atom stereocenters. The average Bonchev–Trinajstić information content (AvgIpc) is 2.47. The highest BCUT2D eigenvalue weighted by molar-refractivity contribution is 5.49. The minimum atomic E-state index is 0.385. The topological polar surface area (TPSA) is 79.5 Å². The Morgan fingerprint density at radius 2 is 2.00 bits per heavy atom. The molecule has 0 spiro atoms. The zero-order valence-electron chi connectivity index (χ0n) is 13.2. The summed E-state index contributed by atoms with van der Waals surface area (Å²) >= 11 is 0. The largest absolute Gasteiger partial charge is 0.377 e. The molecule has 7 heteroatoms. The highest BCUT2D eigenvalue weighted by Gasteiger charge is 2.19. The summed E-state index contributed by atoms with van der Waals surface area (Å²) in [6.07, 6.45) is 0. The van der Waals surface area contributed by atoms with Crippen LogP contribution in [-0.2, 0) is 11.3 Å². The molecular formula is C14H26N6O. The number of ether oxygens (including phenoxy) is 1. The first kappa shape index (κ1) is 15.9. The number of nitrogens with two attached hydrogens (primary N) is 1. The number of aromatic nitrogens is 2. The van der Waals surface area contributed by atoms with Crippen molar-refractivity contribution in [1.82, 2.24) is 14.9 Å². The smallest absolute Gasteiger partial charge is 0.158 e. The summed E-state index contributed by atoms with van der Waals surface area (Å²) in [4.78, 5) is 13.6. The molecule has 0 aliphatic carbocycles. The fourth-order valence-corrected chi connectivity index (χ4v) is 2.59. The Balaban J connectivity index is 2.03. The van der Waals surface area contributed by atoms with Crippen LogP contribution in [0.2, 0.25) is 0 Å². The molecule has 7 nitrogen and oxygen atoms in total. The molecule has 1 fully saturated rings. The van der Waals surface area contributed by atoms with Crippen LogP contribution in [0.1, 0.15) is 19.7 Å². The van der Waals surface area contributed by atoms with Gasteiger partial charge < -0.3 is 15.1 Å². The SMILES string of the molecule is COCc1nc(NN)cc(N2CCN(CC(C)C)CC2)n1. The van der Waals surface area contributed by atoms with Gasteiger partial charge in [-0.2, -0.15) is 0 Å². The fraction of sp³-hybridized carbons (Fsp3) is 0.714. The van der Waals surface area contributed by atoms with Crippen LogP contribution < -0.4 is 16.2 Å². The molecule has 0 amide bonds. The molecule has 1 aliphatic heterocycles. The molecule has 21 heavy (non-hydrogen) atoms. The molecule has 1 saturated heterocycles. The first-order chi connectivity index (χ1) is 10.1. The van der Waals surface area contributed by atoms with Gasteiger partial charge in [0.2, 0.25) is 0 Å². The van der Waals surface area contributed by atoms with Gasteiger partial charge in [-0.15, -0.1) is 0 Å². The molecule has 1 aliphatic rings. The maximum atomic E-state index is 5.48. The summed E-state index contributed by atoms with van der Waals surface area (Å²) in [7, 11) is 1.64. The van der Waals surface area contributed by atoms with Crippen LogP contribution in [0.25, 0.3) is 0 Å². The molecule has 2 heterocycles. The molecule has 0 unspecified atom stereocenters. The first-order valence-corrected chi connectivity index (χ1v) is 7.43. The summed E-state index contributed by atoms with van der Waals surface area (Å²) < 4.78 is 5.11. The number of rotatable bonds is 6. The van der Waals surface area contributed by atoms with Gasteiger partial charge in [-0.1, -0.05) is 13.8 Å². The van der Waals surface area contributed by atoms with E-state index in [1.807, 2.05) is 6.07 Å². The first-order valence-electron chi connectivity index (χ1n) is 7.43. The molecule has 118 valence electrons. The number of nitrogen functional groups attached to an aromatic ring is 1. The van der Waals surface area contributed by atoms with E-state index in [0.717, 1.165) is 38.5 Å². The standard InChI is InChI=1S/C14H26N6O/c1-11(2)9-19-4-6-20(7-5-19)14-8-12(18-15)16-13(17-14)10-21-3/h8,11H,4-7,9-10,15H2,1-3H3,(H,16,17,18). The van der Waals surface area contributed by atoms with Crippen LogP contribution in [0.5, 0.6) is 0 Å². The maximum Gasteiger partial charge on any atom is 0.158 e. The molecule has 0 aromatic carbocycles. The number of anilines is 2. The second kappa shape index (κ2) is 7.53. The summed E-state index contributed by atoms with van der Waals surface area (Å²) in [5.74, 6) is 8.37. The molecule has 0 radical (unpaired) electrons. The maximum absolute atomic E-state index is 5.48. The van der Waals surface area contributed by atoms with Crippen molar-refractivity contribution in [2.45, 2.75) is 20.5 Å². The fourth-order valence-electron chi connectivity index (χ4n) is 2.59. The van der Waals surface area contributed by atoms with Crippen molar-refractivity contribution in [2.24, 2.45) is 11.8 Å². The van der Waals surface area contributed by atoms with Crippen molar-refractivity contribution in [3.05, 3.63) is 11.9 Å². The minimum absolute atomic E-state index is 0.385. The highest BCUT2D eigenvalue weighted by atomic mass is 16.5. The number of methoxy groups -OCH3 is 1. The zero-order valence-corrected chi connectivity index (χ0v) is 13.2. The lowest BCUT2D eigenvalue weighted by atomic mass is 10.2. The van der Waals surface area contributed by atoms with Crippen LogP contribution in [-0.4, -0.2) is 54.7 Å². The second-order valence-corrected chi connectivity index (χ2v) is 5.79. The van der Waals surface area contributed by atoms with Gasteiger partial charge in [0, 0.05) is 45.9 Å². The minimum Gasteiger partial charge on any atom is -0.377 e. The van der Waals surface area contributed by atoms with E-state index in [4.69, 9.17) is 10.6 Å². The second-order valence-electron chi connectivity index (χ2n) is 5.79. The number of piperazine rings is 1. The van der Waals surface area contributed by atoms with E-state index in [0.29, 0.717) is 24.2 Å². The van der Waals surface area contributed by atoms with Crippen molar-refractivity contribution in [3.8, 4) is 0 Å². The van der Waals surface area contributed by atoms with E-state index in [1.54, 1.807) is 7.11 Å². The number of hydrogen-bond acceptors (Lipinski definition) is 7. The Morgan fingerprint density at radius 3 is 2.57 bits per heavy atom. The van der Waals surface area contributed by atoms with Gasteiger partial charge in [0.25, 0.3) is 0 Å². The monoisotopic (exact) mass is 294 g/mol. The Bertz CT molecular complexity index is 445. The van der Waals surface area contributed by atoms with Gasteiger partial charge in [-0.25, -0.2) is 15.8 Å². The molecule has 0 bridgehead atoms. The lowest BCUT2D eigenvalue weighted by Crippen LogP contribution is -2.47. The van der Waals surface area contributed by atoms with E-state index in [-0.39, 0.29) is 0 Å². The summed E-state index contributed by atoms with van der Waals surface area (Å²) in [5.41, 5.74) is 2.60. The van der Waals surface area contributed by atoms with Crippen molar-refractivity contribution in [1.29, 1.82) is 0 Å². The number of hydrogen-bond donors (Lipinski definition) is 2. The van der Waals surface area contributed by atoms with Crippen LogP contribution in [0.15, 0.2) is 6.07 Å². The summed E-state index contributed by atoms with van der Waals surface area (Å²) in [6.45, 7) is 10.1. The third-order valence-electron chi connectivity index (χ3n) is 3.50. The molecule has 0 saturated carbocycles. The van der Waals surface area contributed by atoms with E-state index < -0.39 is 0 Å².